The summed E-state index contributed by atoms with van der Waals surface area (Å²) in [6.45, 7) is 8.98. The molecule has 0 radical (unpaired) electrons. The van der Waals surface area contributed by atoms with Crippen LogP contribution < -0.4 is 10.6 Å². The van der Waals surface area contributed by atoms with E-state index in [9.17, 15) is 0 Å². The van der Waals surface area contributed by atoms with Gasteiger partial charge in [0.25, 0.3) is 0 Å². The largest absolute Gasteiger partial charge is 0.354 e. The van der Waals surface area contributed by atoms with Crippen LogP contribution in [-0.2, 0) is 20.0 Å². The average Bonchev–Trinajstić information content (AvgIpc) is 2.78. The minimum absolute atomic E-state index is 0. The Morgan fingerprint density at radius 3 is 2.56 bits per heavy atom. The molecule has 6 nitrogen and oxygen atoms in total. The summed E-state index contributed by atoms with van der Waals surface area (Å²) in [5.41, 5.74) is 5.63. The van der Waals surface area contributed by atoms with Crippen molar-refractivity contribution >= 4 is 29.9 Å². The van der Waals surface area contributed by atoms with E-state index in [0.717, 1.165) is 29.5 Å². The SMILES string of the molecule is CN=C(NCc1cccc(C)n1)NC(C)Cc1c(C)nn(C)c1C.I. The number of hydrogen-bond donors (Lipinski definition) is 2. The molecule has 25 heavy (non-hydrogen) atoms. The molecule has 0 fully saturated rings. The number of hydrogen-bond acceptors (Lipinski definition) is 3. The van der Waals surface area contributed by atoms with Gasteiger partial charge >= 0.3 is 0 Å². The smallest absolute Gasteiger partial charge is 0.191 e. The normalized spacial score (nSPS) is 12.5. The number of aliphatic imine (C=N–C) groups is 1. The Hall–Kier alpha value is -1.64. The molecule has 0 spiro atoms. The van der Waals surface area contributed by atoms with Crippen LogP contribution in [0.15, 0.2) is 23.2 Å². The summed E-state index contributed by atoms with van der Waals surface area (Å²) in [6.07, 6.45) is 0.912. The quantitative estimate of drug-likeness (QED) is 0.413. The van der Waals surface area contributed by atoms with Crippen LogP contribution in [-0.4, -0.2) is 33.8 Å². The highest BCUT2D eigenvalue weighted by Gasteiger charge is 2.14. The molecule has 0 amide bonds. The predicted octanol–water partition coefficient (Wildman–Crippen LogP) is 2.65. The molecule has 0 aliphatic rings. The summed E-state index contributed by atoms with van der Waals surface area (Å²) >= 11 is 0. The lowest BCUT2D eigenvalue weighted by atomic mass is 10.1. The summed E-state index contributed by atoms with van der Waals surface area (Å²) < 4.78 is 1.94. The van der Waals surface area contributed by atoms with Gasteiger partial charge in [0.2, 0.25) is 0 Å². The molecule has 0 aromatic carbocycles. The van der Waals surface area contributed by atoms with Gasteiger partial charge in [-0.2, -0.15) is 5.10 Å². The summed E-state index contributed by atoms with van der Waals surface area (Å²) in [7, 11) is 3.77. The first-order valence-electron chi connectivity index (χ1n) is 8.29. The first kappa shape index (κ1) is 21.4. The molecule has 0 bridgehead atoms. The summed E-state index contributed by atoms with van der Waals surface area (Å²) in [4.78, 5) is 8.80. The zero-order valence-electron chi connectivity index (χ0n) is 15.9. The number of nitrogens with one attached hydrogen (secondary N) is 2. The highest BCUT2D eigenvalue weighted by molar-refractivity contribution is 14.0. The van der Waals surface area contributed by atoms with Gasteiger partial charge in [0.1, 0.15) is 0 Å². The maximum atomic E-state index is 4.50. The van der Waals surface area contributed by atoms with Gasteiger partial charge < -0.3 is 10.6 Å². The Bertz CT molecular complexity index is 722. The molecule has 2 aromatic rings. The molecule has 0 aliphatic carbocycles. The Balaban J connectivity index is 0.00000312. The molecule has 0 aliphatic heterocycles. The van der Waals surface area contributed by atoms with Crippen LogP contribution in [0.1, 0.15) is 35.3 Å². The molecule has 0 saturated carbocycles. The molecule has 2 N–H and O–H groups in total. The number of pyridine rings is 1. The van der Waals surface area contributed by atoms with E-state index < -0.39 is 0 Å². The van der Waals surface area contributed by atoms with Crippen molar-refractivity contribution in [2.75, 3.05) is 7.05 Å². The van der Waals surface area contributed by atoms with E-state index in [1.165, 1.54) is 11.3 Å². The fourth-order valence-electron chi connectivity index (χ4n) is 2.77. The second-order valence-electron chi connectivity index (χ2n) is 6.22. The predicted molar refractivity (Wildman–Crippen MR) is 114 cm³/mol. The standard InChI is InChI=1S/C18H28N6.HI/c1-12-8-7-9-16(21-12)11-20-18(19-5)22-13(2)10-17-14(3)23-24(6)15(17)4;/h7-9,13H,10-11H2,1-6H3,(H2,19,20,22);1H. The van der Waals surface area contributed by atoms with E-state index >= 15 is 0 Å². The molecule has 2 rings (SSSR count). The number of rotatable bonds is 5. The minimum Gasteiger partial charge on any atom is -0.354 e. The van der Waals surface area contributed by atoms with Crippen LogP contribution in [0.4, 0.5) is 0 Å². The summed E-state index contributed by atoms with van der Waals surface area (Å²) in [6, 6.07) is 6.28. The fourth-order valence-corrected chi connectivity index (χ4v) is 2.77. The van der Waals surface area contributed by atoms with Gasteiger partial charge in [-0.25, -0.2) is 0 Å². The number of nitrogens with zero attached hydrogens (tertiary/aromatic N) is 4. The summed E-state index contributed by atoms with van der Waals surface area (Å²) in [5, 5.41) is 11.2. The lowest BCUT2D eigenvalue weighted by Gasteiger charge is -2.18. The van der Waals surface area contributed by atoms with Gasteiger partial charge in [0.15, 0.2) is 5.96 Å². The van der Waals surface area contributed by atoms with Gasteiger partial charge in [-0.05, 0) is 51.8 Å². The highest BCUT2D eigenvalue weighted by Crippen LogP contribution is 2.14. The van der Waals surface area contributed by atoms with Gasteiger partial charge in [-0.1, -0.05) is 6.07 Å². The Morgan fingerprint density at radius 2 is 2.00 bits per heavy atom. The third kappa shape index (κ3) is 5.98. The van der Waals surface area contributed by atoms with Crippen LogP contribution in [0.25, 0.3) is 0 Å². The number of halogens is 1. The Labute approximate surface area is 167 Å². The summed E-state index contributed by atoms with van der Waals surface area (Å²) in [5.74, 6) is 0.782. The maximum absolute atomic E-state index is 4.50. The van der Waals surface area contributed by atoms with Crippen molar-refractivity contribution in [2.24, 2.45) is 12.0 Å². The zero-order chi connectivity index (χ0) is 17.7. The molecule has 2 heterocycles. The van der Waals surface area contributed by atoms with Crippen molar-refractivity contribution in [1.82, 2.24) is 25.4 Å². The molecule has 0 saturated heterocycles. The minimum atomic E-state index is 0. The number of aryl methyl sites for hydroxylation is 3. The lowest BCUT2D eigenvalue weighted by Crippen LogP contribution is -2.42. The van der Waals surface area contributed by atoms with Gasteiger partial charge in [0, 0.05) is 31.5 Å². The second kappa shape index (κ2) is 9.74. The van der Waals surface area contributed by atoms with Gasteiger partial charge in [-0.15, -0.1) is 24.0 Å². The Kier molecular flexibility index (Phi) is 8.34. The molecule has 2 aromatic heterocycles. The van der Waals surface area contributed by atoms with Gasteiger partial charge in [0.05, 0.1) is 17.9 Å². The molecule has 1 atom stereocenters. The third-order valence-electron chi connectivity index (χ3n) is 4.16. The molecular weight excluding hydrogens is 427 g/mol. The van der Waals surface area contributed by atoms with Crippen molar-refractivity contribution in [1.29, 1.82) is 0 Å². The number of aromatic nitrogens is 3. The zero-order valence-corrected chi connectivity index (χ0v) is 18.3. The van der Waals surface area contributed by atoms with E-state index in [4.69, 9.17) is 0 Å². The van der Waals surface area contributed by atoms with Crippen molar-refractivity contribution in [2.45, 2.75) is 46.7 Å². The number of guanidine groups is 1. The molecule has 138 valence electrons. The van der Waals surface area contributed by atoms with E-state index in [1.54, 1.807) is 7.05 Å². The highest BCUT2D eigenvalue weighted by atomic mass is 127. The van der Waals surface area contributed by atoms with Crippen LogP contribution in [0.3, 0.4) is 0 Å². The van der Waals surface area contributed by atoms with Crippen molar-refractivity contribution in [3.63, 3.8) is 0 Å². The van der Waals surface area contributed by atoms with Crippen molar-refractivity contribution in [3.05, 3.63) is 46.5 Å². The van der Waals surface area contributed by atoms with E-state index in [-0.39, 0.29) is 30.0 Å². The Morgan fingerprint density at radius 1 is 1.28 bits per heavy atom. The molecule has 7 heteroatoms. The van der Waals surface area contributed by atoms with Crippen molar-refractivity contribution in [3.8, 4) is 0 Å². The third-order valence-corrected chi connectivity index (χ3v) is 4.16. The molecular formula is C18H29IN6. The maximum Gasteiger partial charge on any atom is 0.191 e. The van der Waals surface area contributed by atoms with E-state index in [0.29, 0.717) is 6.54 Å². The first-order valence-corrected chi connectivity index (χ1v) is 8.29. The van der Waals surface area contributed by atoms with Crippen LogP contribution in [0.2, 0.25) is 0 Å². The fraction of sp³-hybridized carbons (Fsp3) is 0.500. The van der Waals surface area contributed by atoms with Crippen molar-refractivity contribution < 1.29 is 0 Å². The molecule has 1 unspecified atom stereocenters. The van der Waals surface area contributed by atoms with Gasteiger partial charge in [-0.3, -0.25) is 14.7 Å². The van der Waals surface area contributed by atoms with Crippen LogP contribution >= 0.6 is 24.0 Å². The lowest BCUT2D eigenvalue weighted by molar-refractivity contribution is 0.634. The van der Waals surface area contributed by atoms with E-state index in [1.807, 2.05) is 36.9 Å². The van der Waals surface area contributed by atoms with Crippen LogP contribution in [0.5, 0.6) is 0 Å². The second-order valence-corrected chi connectivity index (χ2v) is 6.22. The average molecular weight is 456 g/mol. The topological polar surface area (TPSA) is 67.1 Å². The first-order chi connectivity index (χ1) is 11.4. The monoisotopic (exact) mass is 456 g/mol. The van der Waals surface area contributed by atoms with Crippen LogP contribution in [0, 0.1) is 20.8 Å². The van der Waals surface area contributed by atoms with E-state index in [2.05, 4.69) is 46.5 Å².